The first kappa shape index (κ1) is 10.5. The van der Waals surface area contributed by atoms with Crippen LogP contribution < -0.4 is 5.73 Å². The number of rotatable bonds is 3. The van der Waals surface area contributed by atoms with Crippen molar-refractivity contribution in [1.29, 1.82) is 0 Å². The second-order valence-corrected chi connectivity index (χ2v) is 2.92. The molecule has 0 aliphatic carbocycles. The van der Waals surface area contributed by atoms with Gasteiger partial charge in [-0.1, -0.05) is 6.07 Å². The summed E-state index contributed by atoms with van der Waals surface area (Å²) in [6.07, 6.45) is -0.0958. The zero-order chi connectivity index (χ0) is 10.7. The number of aromatic hydroxyl groups is 1. The van der Waals surface area contributed by atoms with E-state index >= 15 is 0 Å². The summed E-state index contributed by atoms with van der Waals surface area (Å²) in [6, 6.07) is 2.39. The minimum absolute atomic E-state index is 0.0958. The average molecular weight is 199 g/mol. The number of hydrogen-bond donors (Lipinski definition) is 3. The van der Waals surface area contributed by atoms with E-state index in [9.17, 15) is 9.18 Å². The summed E-state index contributed by atoms with van der Waals surface area (Å²) in [5.41, 5.74) is 5.41. The molecule has 0 fully saturated rings. The Hall–Kier alpha value is -1.62. The fraction of sp³-hybridized carbons (Fsp3) is 0.222. The van der Waals surface area contributed by atoms with E-state index in [1.807, 2.05) is 0 Å². The maximum absolute atomic E-state index is 13.1. The number of hydrogen-bond acceptors (Lipinski definition) is 3. The highest BCUT2D eigenvalue weighted by Crippen LogP contribution is 2.15. The smallest absolute Gasteiger partial charge is 0.320 e. The predicted molar refractivity (Wildman–Crippen MR) is 47.4 cm³/mol. The topological polar surface area (TPSA) is 83.5 Å². The Morgan fingerprint density at radius 3 is 2.71 bits per heavy atom. The molecular formula is C9H10FNO3. The van der Waals surface area contributed by atoms with E-state index in [0.717, 1.165) is 6.07 Å². The fourth-order valence-corrected chi connectivity index (χ4v) is 1.03. The fourth-order valence-electron chi connectivity index (χ4n) is 1.03. The number of phenolic OH excluding ortho intramolecular Hbond substituents is 1. The van der Waals surface area contributed by atoms with Crippen LogP contribution in [0.1, 0.15) is 5.56 Å². The zero-order valence-electron chi connectivity index (χ0n) is 7.27. The van der Waals surface area contributed by atoms with Crippen LogP contribution in [0.15, 0.2) is 18.2 Å². The quantitative estimate of drug-likeness (QED) is 0.661. The Balaban J connectivity index is 2.82. The van der Waals surface area contributed by atoms with E-state index in [1.165, 1.54) is 12.1 Å². The van der Waals surface area contributed by atoms with Crippen LogP contribution >= 0.6 is 0 Å². The lowest BCUT2D eigenvalue weighted by Crippen LogP contribution is -2.32. The van der Waals surface area contributed by atoms with Crippen molar-refractivity contribution >= 4 is 5.97 Å². The molecule has 1 aromatic rings. The van der Waals surface area contributed by atoms with E-state index < -0.39 is 17.8 Å². The normalized spacial score (nSPS) is 12.4. The van der Waals surface area contributed by atoms with Gasteiger partial charge < -0.3 is 15.9 Å². The molecule has 0 saturated carbocycles. The molecule has 0 aromatic heterocycles. The van der Waals surface area contributed by atoms with Crippen LogP contribution in [0, 0.1) is 5.82 Å². The van der Waals surface area contributed by atoms with Crippen LogP contribution in [0.25, 0.3) is 0 Å². The standard InChI is InChI=1S/C9H10FNO3/c10-7-4-6(12)2-1-5(7)3-8(11)9(13)14/h1-2,4,8,12H,3,11H2,(H,13,14)/t8-/m0/s1. The zero-order valence-corrected chi connectivity index (χ0v) is 7.27. The van der Waals surface area contributed by atoms with Gasteiger partial charge in [-0.25, -0.2) is 4.39 Å². The van der Waals surface area contributed by atoms with Crippen molar-refractivity contribution in [3.63, 3.8) is 0 Å². The molecule has 0 aliphatic heterocycles. The van der Waals surface area contributed by atoms with Gasteiger partial charge in [-0.3, -0.25) is 4.79 Å². The SMILES string of the molecule is N[C@@H](Cc1ccc(O)cc1F)C(=O)O. The van der Waals surface area contributed by atoms with Gasteiger partial charge in [0.05, 0.1) is 0 Å². The first-order valence-electron chi connectivity index (χ1n) is 3.96. The molecule has 1 aromatic carbocycles. The van der Waals surface area contributed by atoms with Crippen LogP contribution in [0.5, 0.6) is 5.75 Å². The predicted octanol–water partition coefficient (Wildman–Crippen LogP) is 0.486. The van der Waals surface area contributed by atoms with Crippen LogP contribution in [-0.2, 0) is 11.2 Å². The summed E-state index contributed by atoms with van der Waals surface area (Å²) in [6.45, 7) is 0. The molecule has 0 aliphatic rings. The second kappa shape index (κ2) is 4.06. The third-order valence-electron chi connectivity index (χ3n) is 1.79. The average Bonchev–Trinajstić information content (AvgIpc) is 2.09. The summed E-state index contributed by atoms with van der Waals surface area (Å²) in [4.78, 5) is 10.4. The van der Waals surface area contributed by atoms with Gasteiger partial charge in [0.1, 0.15) is 17.6 Å². The third-order valence-corrected chi connectivity index (χ3v) is 1.79. The van der Waals surface area contributed by atoms with Gasteiger partial charge in [-0.05, 0) is 11.6 Å². The highest BCUT2D eigenvalue weighted by Gasteiger charge is 2.14. The van der Waals surface area contributed by atoms with Gasteiger partial charge in [0.25, 0.3) is 0 Å². The molecule has 0 saturated heterocycles. The number of carboxylic acid groups (broad SMARTS) is 1. The van der Waals surface area contributed by atoms with E-state index in [0.29, 0.717) is 0 Å². The Morgan fingerprint density at radius 1 is 1.57 bits per heavy atom. The number of phenols is 1. The summed E-state index contributed by atoms with van der Waals surface area (Å²) >= 11 is 0. The summed E-state index contributed by atoms with van der Waals surface area (Å²) < 4.78 is 13.1. The van der Waals surface area contributed by atoms with Crippen LogP contribution in [0.2, 0.25) is 0 Å². The molecule has 5 heteroatoms. The lowest BCUT2D eigenvalue weighted by Gasteiger charge is -2.07. The lowest BCUT2D eigenvalue weighted by molar-refractivity contribution is -0.138. The molecule has 0 spiro atoms. The first-order chi connectivity index (χ1) is 6.50. The number of halogens is 1. The van der Waals surface area contributed by atoms with Gasteiger partial charge in [0, 0.05) is 12.5 Å². The van der Waals surface area contributed by atoms with Crippen LogP contribution in [-0.4, -0.2) is 22.2 Å². The molecule has 0 heterocycles. The Kier molecular flexibility index (Phi) is 3.03. The van der Waals surface area contributed by atoms with Crippen molar-refractivity contribution < 1.29 is 19.4 Å². The minimum Gasteiger partial charge on any atom is -0.508 e. The molecular weight excluding hydrogens is 189 g/mol. The maximum Gasteiger partial charge on any atom is 0.320 e. The summed E-state index contributed by atoms with van der Waals surface area (Å²) in [5.74, 6) is -2.03. The molecule has 14 heavy (non-hydrogen) atoms. The highest BCUT2D eigenvalue weighted by atomic mass is 19.1. The van der Waals surface area contributed by atoms with Gasteiger partial charge in [0.2, 0.25) is 0 Å². The van der Waals surface area contributed by atoms with Gasteiger partial charge in [-0.15, -0.1) is 0 Å². The molecule has 4 nitrogen and oxygen atoms in total. The Labute approximate surface area is 79.8 Å². The van der Waals surface area contributed by atoms with Crippen LogP contribution in [0.3, 0.4) is 0 Å². The van der Waals surface area contributed by atoms with Crippen molar-refractivity contribution in [1.82, 2.24) is 0 Å². The maximum atomic E-state index is 13.1. The molecule has 1 rings (SSSR count). The number of benzene rings is 1. The Bertz CT molecular complexity index is 354. The molecule has 0 bridgehead atoms. The second-order valence-electron chi connectivity index (χ2n) is 2.92. The molecule has 0 radical (unpaired) electrons. The van der Waals surface area contributed by atoms with E-state index in [-0.39, 0.29) is 17.7 Å². The molecule has 0 amide bonds. The van der Waals surface area contributed by atoms with E-state index in [1.54, 1.807) is 0 Å². The van der Waals surface area contributed by atoms with Gasteiger partial charge in [0.15, 0.2) is 0 Å². The summed E-state index contributed by atoms with van der Waals surface area (Å²) in [7, 11) is 0. The van der Waals surface area contributed by atoms with Crippen molar-refractivity contribution in [2.24, 2.45) is 5.73 Å². The van der Waals surface area contributed by atoms with Crippen molar-refractivity contribution in [2.45, 2.75) is 12.5 Å². The number of aliphatic carboxylic acids is 1. The van der Waals surface area contributed by atoms with Crippen molar-refractivity contribution in [3.05, 3.63) is 29.6 Å². The van der Waals surface area contributed by atoms with Crippen LogP contribution in [0.4, 0.5) is 4.39 Å². The molecule has 4 N–H and O–H groups in total. The lowest BCUT2D eigenvalue weighted by atomic mass is 10.1. The first-order valence-corrected chi connectivity index (χ1v) is 3.96. The largest absolute Gasteiger partial charge is 0.508 e. The number of nitrogens with two attached hydrogens (primary N) is 1. The van der Waals surface area contributed by atoms with E-state index in [4.69, 9.17) is 15.9 Å². The van der Waals surface area contributed by atoms with E-state index in [2.05, 4.69) is 0 Å². The van der Waals surface area contributed by atoms with Crippen molar-refractivity contribution in [2.75, 3.05) is 0 Å². The molecule has 76 valence electrons. The highest BCUT2D eigenvalue weighted by molar-refractivity contribution is 5.73. The monoisotopic (exact) mass is 199 g/mol. The van der Waals surface area contributed by atoms with Gasteiger partial charge in [-0.2, -0.15) is 0 Å². The van der Waals surface area contributed by atoms with Crippen molar-refractivity contribution in [3.8, 4) is 5.75 Å². The number of carboxylic acids is 1. The van der Waals surface area contributed by atoms with Gasteiger partial charge >= 0.3 is 5.97 Å². The minimum atomic E-state index is -1.18. The molecule has 0 unspecified atom stereocenters. The number of carbonyl (C=O) groups is 1. The third kappa shape index (κ3) is 2.43. The summed E-state index contributed by atoms with van der Waals surface area (Å²) in [5, 5.41) is 17.4. The Morgan fingerprint density at radius 2 is 2.21 bits per heavy atom. The molecule has 1 atom stereocenters.